The minimum atomic E-state index is -0.274. The lowest BCUT2D eigenvalue weighted by molar-refractivity contribution is 0.119. The van der Waals surface area contributed by atoms with E-state index in [2.05, 4.69) is 37.9 Å². The van der Waals surface area contributed by atoms with Crippen LogP contribution in [0, 0.1) is 0 Å². The summed E-state index contributed by atoms with van der Waals surface area (Å²) in [5, 5.41) is 12.9. The molecule has 0 saturated carbocycles. The van der Waals surface area contributed by atoms with Crippen molar-refractivity contribution in [2.75, 3.05) is 26.7 Å². The van der Waals surface area contributed by atoms with Crippen molar-refractivity contribution in [2.24, 2.45) is 0 Å². The minimum Gasteiger partial charge on any atom is -0.390 e. The smallest absolute Gasteiger partial charge is 0.0791 e. The molecule has 0 fully saturated rings. The number of β-amino-alcohol motifs (C(OH)–C–C–N with tert-alkyl or cyclic N) is 1. The number of nitrogens with zero attached hydrogens (tertiary/aromatic N) is 1. The molecule has 0 bridgehead atoms. The Hall–Kier alpha value is -0.120. The van der Waals surface area contributed by atoms with Crippen LogP contribution in [0.15, 0.2) is 0 Å². The zero-order valence-corrected chi connectivity index (χ0v) is 9.59. The molecule has 0 amide bonds. The van der Waals surface area contributed by atoms with Gasteiger partial charge in [-0.05, 0) is 34.4 Å². The average Bonchev–Trinajstić information content (AvgIpc) is 1.99. The van der Waals surface area contributed by atoms with Gasteiger partial charge >= 0.3 is 0 Å². The van der Waals surface area contributed by atoms with Crippen LogP contribution < -0.4 is 5.32 Å². The predicted molar refractivity (Wildman–Crippen MR) is 56.9 cm³/mol. The summed E-state index contributed by atoms with van der Waals surface area (Å²) in [5.74, 6) is 0. The number of nitrogens with one attached hydrogen (secondary N) is 1. The van der Waals surface area contributed by atoms with E-state index in [1.165, 1.54) is 0 Å². The number of likely N-dealkylation sites (N-methyl/N-ethyl adjacent to an activating group) is 1. The molecule has 0 saturated heterocycles. The van der Waals surface area contributed by atoms with Crippen molar-refractivity contribution in [1.82, 2.24) is 10.2 Å². The molecule has 3 nitrogen and oxygen atoms in total. The first-order valence-electron chi connectivity index (χ1n) is 4.97. The third-order valence-electron chi connectivity index (χ3n) is 1.93. The zero-order valence-electron chi connectivity index (χ0n) is 9.59. The summed E-state index contributed by atoms with van der Waals surface area (Å²) in [7, 11) is 2.01. The molecule has 1 unspecified atom stereocenters. The number of hydrogen-bond donors (Lipinski definition) is 2. The SMILES string of the molecule is CCN(C)CC(O)CNC(C)(C)C. The fourth-order valence-electron chi connectivity index (χ4n) is 0.977. The van der Waals surface area contributed by atoms with E-state index in [1.807, 2.05) is 7.05 Å². The summed E-state index contributed by atoms with van der Waals surface area (Å²) in [6.07, 6.45) is -0.274. The molecule has 1 atom stereocenters. The monoisotopic (exact) mass is 188 g/mol. The molecule has 0 spiro atoms. The normalized spacial score (nSPS) is 15.0. The number of rotatable bonds is 5. The Kier molecular flexibility index (Phi) is 5.53. The van der Waals surface area contributed by atoms with Gasteiger partial charge in [-0.15, -0.1) is 0 Å². The summed E-state index contributed by atoms with van der Waals surface area (Å²) < 4.78 is 0. The van der Waals surface area contributed by atoms with Crippen LogP contribution in [0.25, 0.3) is 0 Å². The third-order valence-corrected chi connectivity index (χ3v) is 1.93. The Morgan fingerprint density at radius 3 is 2.31 bits per heavy atom. The van der Waals surface area contributed by atoms with Gasteiger partial charge in [-0.3, -0.25) is 0 Å². The Balaban J connectivity index is 3.57. The van der Waals surface area contributed by atoms with E-state index in [9.17, 15) is 5.11 Å². The second-order valence-corrected chi connectivity index (χ2v) is 4.64. The first-order valence-corrected chi connectivity index (χ1v) is 4.97. The topological polar surface area (TPSA) is 35.5 Å². The van der Waals surface area contributed by atoms with E-state index in [0.29, 0.717) is 6.54 Å². The maximum absolute atomic E-state index is 9.61. The van der Waals surface area contributed by atoms with E-state index in [1.54, 1.807) is 0 Å². The van der Waals surface area contributed by atoms with Crippen molar-refractivity contribution in [3.63, 3.8) is 0 Å². The molecule has 13 heavy (non-hydrogen) atoms. The van der Waals surface area contributed by atoms with Crippen molar-refractivity contribution in [3.05, 3.63) is 0 Å². The van der Waals surface area contributed by atoms with Gasteiger partial charge in [0, 0.05) is 18.6 Å². The Morgan fingerprint density at radius 2 is 1.92 bits per heavy atom. The zero-order chi connectivity index (χ0) is 10.5. The van der Waals surface area contributed by atoms with Crippen LogP contribution in [0.1, 0.15) is 27.7 Å². The quantitative estimate of drug-likeness (QED) is 0.666. The standard InChI is InChI=1S/C10H24N2O/c1-6-12(5)8-9(13)7-11-10(2,3)4/h9,11,13H,6-8H2,1-5H3. The summed E-state index contributed by atoms with van der Waals surface area (Å²) in [4.78, 5) is 2.11. The molecule has 0 heterocycles. The highest BCUT2D eigenvalue weighted by atomic mass is 16.3. The summed E-state index contributed by atoms with van der Waals surface area (Å²) in [6.45, 7) is 10.8. The van der Waals surface area contributed by atoms with E-state index >= 15 is 0 Å². The largest absolute Gasteiger partial charge is 0.390 e. The molecule has 0 aliphatic heterocycles. The van der Waals surface area contributed by atoms with Gasteiger partial charge in [0.05, 0.1) is 6.10 Å². The maximum atomic E-state index is 9.61. The first-order chi connectivity index (χ1) is 5.85. The van der Waals surface area contributed by atoms with Crippen LogP contribution in [0.5, 0.6) is 0 Å². The Morgan fingerprint density at radius 1 is 1.38 bits per heavy atom. The van der Waals surface area contributed by atoms with Gasteiger partial charge in [0.15, 0.2) is 0 Å². The minimum absolute atomic E-state index is 0.0891. The van der Waals surface area contributed by atoms with Crippen LogP contribution in [0.3, 0.4) is 0 Å². The van der Waals surface area contributed by atoms with Gasteiger partial charge in [0.2, 0.25) is 0 Å². The summed E-state index contributed by atoms with van der Waals surface area (Å²) in [5.41, 5.74) is 0.0891. The van der Waals surface area contributed by atoms with Gasteiger partial charge in [0.1, 0.15) is 0 Å². The highest BCUT2D eigenvalue weighted by molar-refractivity contribution is 4.73. The van der Waals surface area contributed by atoms with Gasteiger partial charge in [-0.25, -0.2) is 0 Å². The number of hydrogen-bond acceptors (Lipinski definition) is 3. The van der Waals surface area contributed by atoms with Gasteiger partial charge in [-0.1, -0.05) is 6.92 Å². The van der Waals surface area contributed by atoms with E-state index in [4.69, 9.17) is 0 Å². The predicted octanol–water partition coefficient (Wildman–Crippen LogP) is 0.687. The van der Waals surface area contributed by atoms with Crippen molar-refractivity contribution in [2.45, 2.75) is 39.3 Å². The summed E-state index contributed by atoms with van der Waals surface area (Å²) >= 11 is 0. The second kappa shape index (κ2) is 5.58. The van der Waals surface area contributed by atoms with Crippen molar-refractivity contribution in [3.8, 4) is 0 Å². The molecule has 0 aliphatic carbocycles. The van der Waals surface area contributed by atoms with Gasteiger partial charge in [-0.2, -0.15) is 0 Å². The molecular weight excluding hydrogens is 164 g/mol. The highest BCUT2D eigenvalue weighted by Gasteiger charge is 2.12. The molecule has 0 aromatic rings. The molecule has 0 aromatic heterocycles. The number of aliphatic hydroxyl groups excluding tert-OH is 1. The number of aliphatic hydroxyl groups is 1. The molecule has 0 aliphatic rings. The van der Waals surface area contributed by atoms with E-state index < -0.39 is 0 Å². The molecule has 0 aromatic carbocycles. The van der Waals surface area contributed by atoms with Crippen molar-refractivity contribution < 1.29 is 5.11 Å². The third kappa shape index (κ3) is 8.22. The van der Waals surface area contributed by atoms with Gasteiger partial charge < -0.3 is 15.3 Å². The lowest BCUT2D eigenvalue weighted by atomic mass is 10.1. The molecule has 2 N–H and O–H groups in total. The summed E-state index contributed by atoms with van der Waals surface area (Å²) in [6, 6.07) is 0. The highest BCUT2D eigenvalue weighted by Crippen LogP contribution is 1.98. The van der Waals surface area contributed by atoms with Crippen LogP contribution in [-0.2, 0) is 0 Å². The van der Waals surface area contributed by atoms with Crippen LogP contribution in [-0.4, -0.2) is 48.3 Å². The van der Waals surface area contributed by atoms with Gasteiger partial charge in [0.25, 0.3) is 0 Å². The molecule has 80 valence electrons. The first kappa shape index (κ1) is 12.9. The lowest BCUT2D eigenvalue weighted by Gasteiger charge is -2.25. The van der Waals surface area contributed by atoms with E-state index in [0.717, 1.165) is 13.1 Å². The maximum Gasteiger partial charge on any atom is 0.0791 e. The van der Waals surface area contributed by atoms with Crippen molar-refractivity contribution in [1.29, 1.82) is 0 Å². The molecule has 0 rings (SSSR count). The lowest BCUT2D eigenvalue weighted by Crippen LogP contribution is -2.44. The molecular formula is C10H24N2O. The van der Waals surface area contributed by atoms with Crippen LogP contribution >= 0.6 is 0 Å². The van der Waals surface area contributed by atoms with Crippen molar-refractivity contribution >= 4 is 0 Å². The van der Waals surface area contributed by atoms with Crippen LogP contribution in [0.4, 0.5) is 0 Å². The van der Waals surface area contributed by atoms with Crippen LogP contribution in [0.2, 0.25) is 0 Å². The average molecular weight is 188 g/mol. The second-order valence-electron chi connectivity index (χ2n) is 4.64. The fourth-order valence-corrected chi connectivity index (χ4v) is 0.977. The Bertz CT molecular complexity index is 131. The molecule has 0 radical (unpaired) electrons. The fraction of sp³-hybridized carbons (Fsp3) is 1.00. The van der Waals surface area contributed by atoms with E-state index in [-0.39, 0.29) is 11.6 Å². The molecule has 3 heteroatoms. The Labute approximate surface area is 82.1 Å².